The highest BCUT2D eigenvalue weighted by molar-refractivity contribution is 6.32. The molecule has 2 aliphatic rings. The molecular formula is C18H20ClN5O. The van der Waals surface area contributed by atoms with Crippen LogP contribution in [0, 0.1) is 0 Å². The van der Waals surface area contributed by atoms with Crippen LogP contribution in [0.25, 0.3) is 0 Å². The maximum Gasteiger partial charge on any atom is 0.229 e. The summed E-state index contributed by atoms with van der Waals surface area (Å²) in [6.07, 6.45) is 5.50. The zero-order valence-corrected chi connectivity index (χ0v) is 14.8. The van der Waals surface area contributed by atoms with E-state index in [1.165, 1.54) is 12.8 Å². The third-order valence-electron chi connectivity index (χ3n) is 4.64. The number of nitrogens with zero attached hydrogens (tertiary/aromatic N) is 4. The molecule has 1 saturated carbocycles. The molecule has 1 N–H and O–H groups in total. The Bertz CT molecular complexity index is 808. The van der Waals surface area contributed by atoms with Crippen molar-refractivity contribution in [2.24, 2.45) is 0 Å². The Morgan fingerprint density at radius 2 is 2.20 bits per heavy atom. The third-order valence-corrected chi connectivity index (χ3v) is 4.91. The van der Waals surface area contributed by atoms with Gasteiger partial charge in [-0.15, -0.1) is 0 Å². The number of hydrogen-bond acceptors (Lipinski definition) is 5. The summed E-state index contributed by atoms with van der Waals surface area (Å²) in [5.74, 6) is 1.41. The van der Waals surface area contributed by atoms with E-state index < -0.39 is 0 Å². The predicted molar refractivity (Wildman–Crippen MR) is 99.8 cm³/mol. The molecule has 6 nitrogen and oxygen atoms in total. The zero-order chi connectivity index (χ0) is 17.4. The van der Waals surface area contributed by atoms with Crippen LogP contribution in [0.2, 0.25) is 5.02 Å². The van der Waals surface area contributed by atoms with Gasteiger partial charge in [-0.2, -0.15) is 4.98 Å². The second-order valence-electron chi connectivity index (χ2n) is 6.53. The number of aromatic nitrogens is 2. The van der Waals surface area contributed by atoms with Gasteiger partial charge in [0.2, 0.25) is 11.9 Å². The summed E-state index contributed by atoms with van der Waals surface area (Å²) in [6, 6.07) is 8.28. The van der Waals surface area contributed by atoms with E-state index in [-0.39, 0.29) is 5.91 Å². The molecule has 1 aliphatic carbocycles. The number of anilines is 4. The van der Waals surface area contributed by atoms with E-state index in [1.54, 1.807) is 6.20 Å². The maximum atomic E-state index is 11.9. The minimum Gasteiger partial charge on any atom is -0.355 e. The molecule has 1 aliphatic heterocycles. The molecule has 1 aromatic carbocycles. The zero-order valence-electron chi connectivity index (χ0n) is 14.1. The van der Waals surface area contributed by atoms with Crippen molar-refractivity contribution in [3.8, 4) is 0 Å². The molecule has 0 bridgehead atoms. The first kappa shape index (κ1) is 16.1. The highest BCUT2D eigenvalue weighted by Gasteiger charge is 2.28. The molecule has 7 heteroatoms. The van der Waals surface area contributed by atoms with Crippen molar-refractivity contribution in [2.75, 3.05) is 28.7 Å². The van der Waals surface area contributed by atoms with E-state index >= 15 is 0 Å². The number of amides is 1. The van der Waals surface area contributed by atoms with E-state index in [9.17, 15) is 4.79 Å². The van der Waals surface area contributed by atoms with Gasteiger partial charge in [0.15, 0.2) is 5.82 Å². The summed E-state index contributed by atoms with van der Waals surface area (Å²) in [7, 11) is 2.01. The molecule has 130 valence electrons. The van der Waals surface area contributed by atoms with Gasteiger partial charge in [-0.3, -0.25) is 4.79 Å². The molecule has 0 atom stereocenters. The van der Waals surface area contributed by atoms with Gasteiger partial charge in [0.05, 0.1) is 6.20 Å². The number of carbonyl (C=O) groups is 1. The first-order chi connectivity index (χ1) is 12.1. The quantitative estimate of drug-likeness (QED) is 0.885. The topological polar surface area (TPSA) is 61.4 Å². The number of hydrogen-bond donors (Lipinski definition) is 1. The minimum atomic E-state index is 0.174. The van der Waals surface area contributed by atoms with Gasteiger partial charge in [0.1, 0.15) is 5.02 Å². The van der Waals surface area contributed by atoms with Crippen molar-refractivity contribution in [1.82, 2.24) is 9.97 Å². The van der Waals surface area contributed by atoms with Crippen LogP contribution in [0.4, 0.5) is 23.1 Å². The van der Waals surface area contributed by atoms with Gasteiger partial charge < -0.3 is 15.1 Å². The van der Waals surface area contributed by atoms with Gasteiger partial charge >= 0.3 is 0 Å². The number of nitrogens with one attached hydrogen (secondary N) is 1. The van der Waals surface area contributed by atoms with Crippen molar-refractivity contribution in [1.29, 1.82) is 0 Å². The fourth-order valence-corrected chi connectivity index (χ4v) is 3.33. The Labute approximate surface area is 151 Å². The standard InChI is InChI=1S/C18H20ClN5O/c1-23(13-7-8-13)17-15(19)11-20-18(22-17)21-12-4-2-5-14(10-12)24-9-3-6-16(24)25/h2,4-5,10-11,13H,3,6-9H2,1H3,(H,20,21,22). The normalized spacial score (nSPS) is 17.0. The number of carbonyl (C=O) groups excluding carboxylic acids is 1. The van der Waals surface area contributed by atoms with Crippen LogP contribution < -0.4 is 15.1 Å². The lowest BCUT2D eigenvalue weighted by molar-refractivity contribution is -0.117. The summed E-state index contributed by atoms with van der Waals surface area (Å²) in [5, 5.41) is 3.77. The van der Waals surface area contributed by atoms with Crippen molar-refractivity contribution < 1.29 is 4.79 Å². The van der Waals surface area contributed by atoms with E-state index in [2.05, 4.69) is 20.2 Å². The van der Waals surface area contributed by atoms with Crippen LogP contribution >= 0.6 is 11.6 Å². The average Bonchev–Trinajstić information content (AvgIpc) is 3.37. The van der Waals surface area contributed by atoms with E-state index in [4.69, 9.17) is 11.6 Å². The van der Waals surface area contributed by atoms with E-state index in [1.807, 2.05) is 36.2 Å². The van der Waals surface area contributed by atoms with Crippen LogP contribution in [0.1, 0.15) is 25.7 Å². The summed E-state index contributed by atoms with van der Waals surface area (Å²) in [5.41, 5.74) is 1.75. The monoisotopic (exact) mass is 357 g/mol. The fraction of sp³-hybridized carbons (Fsp3) is 0.389. The average molecular weight is 358 g/mol. The first-order valence-corrected chi connectivity index (χ1v) is 8.92. The van der Waals surface area contributed by atoms with E-state index in [0.29, 0.717) is 23.4 Å². The van der Waals surface area contributed by atoms with Crippen molar-refractivity contribution >= 4 is 40.6 Å². The lowest BCUT2D eigenvalue weighted by atomic mass is 10.2. The fourth-order valence-electron chi connectivity index (χ4n) is 3.10. The maximum absolute atomic E-state index is 11.9. The highest BCUT2D eigenvalue weighted by atomic mass is 35.5. The molecular weight excluding hydrogens is 338 g/mol. The molecule has 0 radical (unpaired) electrons. The summed E-state index contributed by atoms with van der Waals surface area (Å²) >= 11 is 6.25. The van der Waals surface area contributed by atoms with Crippen LogP contribution in [0.3, 0.4) is 0 Å². The summed E-state index contributed by atoms with van der Waals surface area (Å²) in [6.45, 7) is 0.774. The van der Waals surface area contributed by atoms with Crippen LogP contribution in [0.5, 0.6) is 0 Å². The smallest absolute Gasteiger partial charge is 0.229 e. The molecule has 1 amide bonds. The Balaban J connectivity index is 1.56. The summed E-state index contributed by atoms with van der Waals surface area (Å²) < 4.78 is 0. The SMILES string of the molecule is CN(c1nc(Nc2cccc(N3CCCC3=O)c2)ncc1Cl)C1CC1. The Morgan fingerprint density at radius 1 is 1.36 bits per heavy atom. The van der Waals surface area contributed by atoms with Crippen molar-refractivity contribution in [3.05, 3.63) is 35.5 Å². The second-order valence-corrected chi connectivity index (χ2v) is 6.94. The van der Waals surface area contributed by atoms with E-state index in [0.717, 1.165) is 30.2 Å². The lowest BCUT2D eigenvalue weighted by Crippen LogP contribution is -2.23. The number of halogens is 1. The molecule has 4 rings (SSSR count). The van der Waals surface area contributed by atoms with Crippen LogP contribution in [-0.4, -0.2) is 35.5 Å². The number of rotatable bonds is 5. The second kappa shape index (κ2) is 6.52. The van der Waals surface area contributed by atoms with Crippen LogP contribution in [0.15, 0.2) is 30.5 Å². The Morgan fingerprint density at radius 3 is 2.92 bits per heavy atom. The molecule has 2 aromatic rings. The first-order valence-electron chi connectivity index (χ1n) is 8.54. The highest BCUT2D eigenvalue weighted by Crippen LogP contribution is 2.33. The van der Waals surface area contributed by atoms with Crippen molar-refractivity contribution in [3.63, 3.8) is 0 Å². The minimum absolute atomic E-state index is 0.174. The Kier molecular flexibility index (Phi) is 4.21. The lowest BCUT2D eigenvalue weighted by Gasteiger charge is -2.19. The third kappa shape index (κ3) is 3.39. The van der Waals surface area contributed by atoms with Gasteiger partial charge in [-0.05, 0) is 37.5 Å². The number of benzene rings is 1. The molecule has 0 unspecified atom stereocenters. The molecule has 2 fully saturated rings. The molecule has 0 spiro atoms. The predicted octanol–water partition coefficient (Wildman–Crippen LogP) is 3.60. The molecule has 2 heterocycles. The molecule has 1 saturated heterocycles. The summed E-state index contributed by atoms with van der Waals surface area (Å²) in [4.78, 5) is 24.7. The van der Waals surface area contributed by atoms with Gasteiger partial charge in [0, 0.05) is 37.4 Å². The van der Waals surface area contributed by atoms with Gasteiger partial charge in [-0.25, -0.2) is 4.98 Å². The Hall–Kier alpha value is -2.34. The van der Waals surface area contributed by atoms with Gasteiger partial charge in [0.25, 0.3) is 0 Å². The largest absolute Gasteiger partial charge is 0.355 e. The molecule has 1 aromatic heterocycles. The van der Waals surface area contributed by atoms with Gasteiger partial charge in [-0.1, -0.05) is 17.7 Å². The molecule has 25 heavy (non-hydrogen) atoms. The van der Waals surface area contributed by atoms with Crippen molar-refractivity contribution in [2.45, 2.75) is 31.7 Å². The van der Waals surface area contributed by atoms with Crippen LogP contribution in [-0.2, 0) is 4.79 Å².